The fraction of sp³-hybridized carbons (Fsp3) is 0.375. The van der Waals surface area contributed by atoms with Crippen molar-refractivity contribution in [2.45, 2.75) is 23.6 Å². The van der Waals surface area contributed by atoms with E-state index in [0.717, 1.165) is 11.3 Å². The summed E-state index contributed by atoms with van der Waals surface area (Å²) in [5.41, 5.74) is 0. The monoisotopic (exact) mass is 361 g/mol. The number of carboxylic acid groups (broad SMARTS) is 1. The summed E-state index contributed by atoms with van der Waals surface area (Å²) in [6.45, 7) is 1.58. The summed E-state index contributed by atoms with van der Waals surface area (Å²) < 4.78 is 26.2. The van der Waals surface area contributed by atoms with E-state index in [0.29, 0.717) is 3.79 Å². The summed E-state index contributed by atoms with van der Waals surface area (Å²) in [5.74, 6) is -1.21. The summed E-state index contributed by atoms with van der Waals surface area (Å²) in [5, 5.41) is 9.06. The first-order valence-electron chi connectivity index (χ1n) is 4.48. The minimum atomic E-state index is -3.85. The van der Waals surface area contributed by atoms with Crippen molar-refractivity contribution in [1.29, 1.82) is 0 Å². The van der Waals surface area contributed by atoms with Crippen molar-refractivity contribution in [1.82, 2.24) is 4.72 Å². The average molecular weight is 363 g/mol. The van der Waals surface area contributed by atoms with E-state index in [1.807, 2.05) is 0 Å². The first-order chi connectivity index (χ1) is 7.77. The van der Waals surface area contributed by atoms with Crippen molar-refractivity contribution in [2.75, 3.05) is 0 Å². The molecule has 1 heterocycles. The highest BCUT2D eigenvalue weighted by Gasteiger charge is 2.25. The van der Waals surface area contributed by atoms with E-state index in [-0.39, 0.29) is 15.7 Å². The van der Waals surface area contributed by atoms with Gasteiger partial charge in [0.15, 0.2) is 0 Å². The maximum absolute atomic E-state index is 11.8. The maximum Gasteiger partial charge on any atom is 0.321 e. The zero-order valence-electron chi connectivity index (χ0n) is 8.61. The van der Waals surface area contributed by atoms with Gasteiger partial charge in [0.25, 0.3) is 10.0 Å². The fourth-order valence-electron chi connectivity index (χ4n) is 1.01. The number of halogens is 2. The molecule has 0 spiro atoms. The second-order valence-corrected chi connectivity index (χ2v) is 7.83. The lowest BCUT2D eigenvalue weighted by atomic mass is 10.2. The van der Waals surface area contributed by atoms with E-state index in [1.165, 1.54) is 6.07 Å². The van der Waals surface area contributed by atoms with Crippen molar-refractivity contribution < 1.29 is 18.3 Å². The van der Waals surface area contributed by atoms with Crippen LogP contribution in [0.3, 0.4) is 0 Å². The zero-order chi connectivity index (χ0) is 13.2. The summed E-state index contributed by atoms with van der Waals surface area (Å²) >= 11 is 9.75. The van der Waals surface area contributed by atoms with Crippen LogP contribution in [0.5, 0.6) is 0 Å². The van der Waals surface area contributed by atoms with Gasteiger partial charge in [0.1, 0.15) is 10.3 Å². The van der Waals surface area contributed by atoms with Gasteiger partial charge in [0, 0.05) is 0 Å². The third-order valence-corrected chi connectivity index (χ3v) is 6.31. The maximum atomic E-state index is 11.8. The Labute approximate surface area is 116 Å². The number of hydrogen-bond acceptors (Lipinski definition) is 4. The van der Waals surface area contributed by atoms with Crippen LogP contribution in [0, 0.1) is 0 Å². The third-order valence-electron chi connectivity index (χ3n) is 1.89. The standard InChI is InChI=1S/C8H9BrClNO4S2/c1-2-5(8(12)13)11-17(14,15)6-3-4(10)7(9)16-6/h3,5,11H,2H2,1H3,(H,12,13)/t5-/m1/s1. The molecule has 1 rings (SSSR count). The van der Waals surface area contributed by atoms with Gasteiger partial charge in [0.2, 0.25) is 0 Å². The van der Waals surface area contributed by atoms with Crippen LogP contribution < -0.4 is 4.72 Å². The molecule has 17 heavy (non-hydrogen) atoms. The zero-order valence-corrected chi connectivity index (χ0v) is 12.6. The second kappa shape index (κ2) is 5.66. The number of hydrogen-bond donors (Lipinski definition) is 2. The van der Waals surface area contributed by atoms with Gasteiger partial charge in [0.05, 0.1) is 8.81 Å². The van der Waals surface area contributed by atoms with Gasteiger partial charge in [-0.05, 0) is 28.4 Å². The Morgan fingerprint density at radius 3 is 2.65 bits per heavy atom. The molecule has 9 heteroatoms. The van der Waals surface area contributed by atoms with E-state index in [1.54, 1.807) is 6.92 Å². The van der Waals surface area contributed by atoms with E-state index in [4.69, 9.17) is 16.7 Å². The van der Waals surface area contributed by atoms with Crippen LogP contribution in [0.25, 0.3) is 0 Å². The van der Waals surface area contributed by atoms with Crippen LogP contribution >= 0.6 is 38.9 Å². The molecule has 0 fully saturated rings. The van der Waals surface area contributed by atoms with Crippen LogP contribution in [0.1, 0.15) is 13.3 Å². The lowest BCUT2D eigenvalue weighted by Gasteiger charge is -2.11. The van der Waals surface area contributed by atoms with E-state index < -0.39 is 22.0 Å². The normalized spacial score (nSPS) is 13.6. The molecule has 0 aliphatic carbocycles. The molecule has 1 aromatic heterocycles. The number of carbonyl (C=O) groups is 1. The predicted octanol–water partition coefficient (Wildman–Crippen LogP) is 2.31. The van der Waals surface area contributed by atoms with Crippen LogP contribution in [-0.2, 0) is 14.8 Å². The molecule has 2 N–H and O–H groups in total. The molecule has 0 saturated carbocycles. The third kappa shape index (κ3) is 3.65. The summed E-state index contributed by atoms with van der Waals surface area (Å²) in [6.07, 6.45) is 0.162. The van der Waals surface area contributed by atoms with E-state index in [2.05, 4.69) is 20.7 Å². The number of aliphatic carboxylic acids is 1. The highest BCUT2D eigenvalue weighted by molar-refractivity contribution is 9.11. The number of carboxylic acids is 1. The van der Waals surface area contributed by atoms with Crippen molar-refractivity contribution >= 4 is 54.9 Å². The quantitative estimate of drug-likeness (QED) is 0.842. The molecule has 0 amide bonds. The number of thiophene rings is 1. The summed E-state index contributed by atoms with van der Waals surface area (Å²) in [4.78, 5) is 10.8. The molecular formula is C8H9BrClNO4S2. The predicted molar refractivity (Wildman–Crippen MR) is 69.1 cm³/mol. The topological polar surface area (TPSA) is 83.5 Å². The molecule has 0 radical (unpaired) electrons. The fourth-order valence-corrected chi connectivity index (χ4v) is 4.70. The van der Waals surface area contributed by atoms with Gasteiger partial charge in [-0.1, -0.05) is 18.5 Å². The van der Waals surface area contributed by atoms with E-state index >= 15 is 0 Å². The highest BCUT2D eigenvalue weighted by atomic mass is 79.9. The van der Waals surface area contributed by atoms with Crippen molar-refractivity contribution in [2.24, 2.45) is 0 Å². The van der Waals surface area contributed by atoms with Crippen LogP contribution in [-0.4, -0.2) is 25.5 Å². The molecule has 1 atom stereocenters. The van der Waals surface area contributed by atoms with Gasteiger partial charge in [-0.15, -0.1) is 11.3 Å². The molecule has 0 bridgehead atoms. The smallest absolute Gasteiger partial charge is 0.321 e. The van der Waals surface area contributed by atoms with Crippen molar-refractivity contribution in [3.63, 3.8) is 0 Å². The van der Waals surface area contributed by atoms with Crippen molar-refractivity contribution in [3.05, 3.63) is 14.9 Å². The largest absolute Gasteiger partial charge is 0.480 e. The number of rotatable bonds is 5. The van der Waals surface area contributed by atoms with Gasteiger partial charge in [-0.3, -0.25) is 4.79 Å². The molecule has 0 saturated heterocycles. The Bertz CT molecular complexity index is 508. The van der Waals surface area contributed by atoms with E-state index in [9.17, 15) is 13.2 Å². The number of nitrogens with one attached hydrogen (secondary N) is 1. The van der Waals surface area contributed by atoms with Crippen molar-refractivity contribution in [3.8, 4) is 0 Å². The Hall–Kier alpha value is -0.150. The Kier molecular flexibility index (Phi) is 4.96. The van der Waals surface area contributed by atoms with Crippen LogP contribution in [0.2, 0.25) is 5.02 Å². The minimum absolute atomic E-state index is 0.0194. The second-order valence-electron chi connectivity index (χ2n) is 3.11. The Morgan fingerprint density at radius 1 is 1.71 bits per heavy atom. The van der Waals surface area contributed by atoms with Crippen LogP contribution in [0.4, 0.5) is 0 Å². The Balaban J connectivity index is 3.00. The number of sulfonamides is 1. The Morgan fingerprint density at radius 2 is 2.29 bits per heavy atom. The van der Waals surface area contributed by atoms with Gasteiger partial charge < -0.3 is 5.11 Å². The molecule has 96 valence electrons. The molecule has 0 unspecified atom stereocenters. The summed E-state index contributed by atoms with van der Waals surface area (Å²) in [6, 6.07) is 0.132. The van der Waals surface area contributed by atoms with Gasteiger partial charge in [-0.25, -0.2) is 8.42 Å². The first kappa shape index (κ1) is 14.9. The van der Waals surface area contributed by atoms with Gasteiger partial charge in [-0.2, -0.15) is 4.72 Å². The molecular weight excluding hydrogens is 354 g/mol. The molecule has 0 aliphatic heterocycles. The lowest BCUT2D eigenvalue weighted by Crippen LogP contribution is -2.39. The highest BCUT2D eigenvalue weighted by Crippen LogP contribution is 2.34. The lowest BCUT2D eigenvalue weighted by molar-refractivity contribution is -0.139. The SMILES string of the molecule is CC[C@@H](NS(=O)(=O)c1cc(Cl)c(Br)s1)C(=O)O. The molecule has 0 aromatic carbocycles. The average Bonchev–Trinajstić information content (AvgIpc) is 2.56. The molecule has 5 nitrogen and oxygen atoms in total. The minimum Gasteiger partial charge on any atom is -0.480 e. The molecule has 1 aromatic rings. The first-order valence-corrected chi connectivity index (χ1v) is 7.95. The summed E-state index contributed by atoms with van der Waals surface area (Å²) in [7, 11) is -3.85. The molecule has 0 aliphatic rings. The van der Waals surface area contributed by atoms with Crippen LogP contribution in [0.15, 0.2) is 14.1 Å². The van der Waals surface area contributed by atoms with Gasteiger partial charge >= 0.3 is 5.97 Å².